The Hall–Kier alpha value is -3.18. The van der Waals surface area contributed by atoms with Gasteiger partial charge in [-0.15, -0.1) is 0 Å². The van der Waals surface area contributed by atoms with Crippen LogP contribution < -0.4 is 10.2 Å². The molecule has 2 fully saturated rings. The fraction of sp³-hybridized carbons (Fsp3) is 0.400. The summed E-state index contributed by atoms with van der Waals surface area (Å²) in [6.07, 6.45) is -4.11. The van der Waals surface area contributed by atoms with Gasteiger partial charge in [0.1, 0.15) is 11.9 Å². The summed E-state index contributed by atoms with van der Waals surface area (Å²) in [5, 5.41) is 2.50. The summed E-state index contributed by atoms with van der Waals surface area (Å²) in [6.45, 7) is 2.18. The van der Waals surface area contributed by atoms with Crippen LogP contribution in [0.2, 0.25) is 5.02 Å². The van der Waals surface area contributed by atoms with Crippen LogP contribution in [0.5, 0.6) is 0 Å². The molecule has 1 atom stereocenters. The Morgan fingerprint density at radius 1 is 1.03 bits per heavy atom. The lowest BCUT2D eigenvalue weighted by atomic mass is 10.0. The van der Waals surface area contributed by atoms with Crippen molar-refractivity contribution in [3.05, 3.63) is 63.4 Å². The van der Waals surface area contributed by atoms with Crippen molar-refractivity contribution in [2.75, 3.05) is 31.1 Å². The van der Waals surface area contributed by atoms with Gasteiger partial charge in [-0.3, -0.25) is 24.6 Å². The number of piperidine rings is 1. The molecule has 0 bridgehead atoms. The molecule has 0 saturated carbocycles. The predicted octanol–water partition coefficient (Wildman–Crippen LogP) is 3.58. The number of piperazine rings is 1. The van der Waals surface area contributed by atoms with Crippen LogP contribution in [-0.4, -0.2) is 59.7 Å². The molecular formula is C25H23ClF4N4O3. The van der Waals surface area contributed by atoms with Crippen LogP contribution in [-0.2, 0) is 28.9 Å². The number of benzene rings is 2. The molecule has 1 N–H and O–H groups in total. The Morgan fingerprint density at radius 3 is 2.43 bits per heavy atom. The quantitative estimate of drug-likeness (QED) is 0.476. The zero-order chi connectivity index (χ0) is 26.5. The Labute approximate surface area is 214 Å². The van der Waals surface area contributed by atoms with Crippen LogP contribution in [0.1, 0.15) is 39.9 Å². The molecule has 2 aromatic carbocycles. The lowest BCUT2D eigenvalue weighted by Crippen LogP contribution is -2.52. The van der Waals surface area contributed by atoms with Crippen molar-refractivity contribution in [1.82, 2.24) is 15.1 Å². The van der Waals surface area contributed by atoms with Crippen molar-refractivity contribution < 1.29 is 31.9 Å². The zero-order valence-electron chi connectivity index (χ0n) is 19.6. The van der Waals surface area contributed by atoms with E-state index in [0.29, 0.717) is 43.0 Å². The monoisotopic (exact) mass is 538 g/mol. The van der Waals surface area contributed by atoms with Crippen molar-refractivity contribution in [2.24, 2.45) is 0 Å². The molecule has 2 aromatic rings. The molecule has 5 rings (SSSR count). The third-order valence-electron chi connectivity index (χ3n) is 7.07. The number of halogens is 5. The molecule has 3 aliphatic rings. The van der Waals surface area contributed by atoms with E-state index in [-0.39, 0.29) is 42.4 Å². The van der Waals surface area contributed by atoms with Crippen molar-refractivity contribution in [2.45, 2.75) is 38.1 Å². The summed E-state index contributed by atoms with van der Waals surface area (Å²) >= 11 is 6.13. The van der Waals surface area contributed by atoms with Gasteiger partial charge in [-0.25, -0.2) is 4.39 Å². The largest absolute Gasteiger partial charge is 0.416 e. The number of alkyl halides is 3. The topological polar surface area (TPSA) is 73.0 Å². The normalized spacial score (nSPS) is 20.9. The van der Waals surface area contributed by atoms with E-state index >= 15 is 4.39 Å². The fourth-order valence-electron chi connectivity index (χ4n) is 5.08. The standard InChI is InChI=1S/C25H23ClF4N4O3/c26-18-2-1-16(25(28,29)30)9-15(18)12-32-5-7-33(8-6-32)21-10-14-13-34(24(37)17(14)11-19(21)27)20-3-4-22(35)31-23(20)36/h1-2,9-11,20H,3-8,12-13H2,(H,31,35,36). The van der Waals surface area contributed by atoms with Gasteiger partial charge in [0.15, 0.2) is 0 Å². The highest BCUT2D eigenvalue weighted by atomic mass is 35.5. The molecule has 0 aliphatic carbocycles. The van der Waals surface area contributed by atoms with Gasteiger partial charge in [-0.1, -0.05) is 11.6 Å². The molecule has 3 amide bonds. The molecular weight excluding hydrogens is 516 g/mol. The second kappa shape index (κ2) is 9.60. The van der Waals surface area contributed by atoms with Gasteiger partial charge in [-0.05, 0) is 47.9 Å². The van der Waals surface area contributed by atoms with Crippen LogP contribution in [0.25, 0.3) is 0 Å². The number of carbonyl (C=O) groups is 3. The highest BCUT2D eigenvalue weighted by Gasteiger charge is 2.40. The van der Waals surface area contributed by atoms with E-state index < -0.39 is 35.4 Å². The molecule has 7 nitrogen and oxygen atoms in total. The van der Waals surface area contributed by atoms with Gasteiger partial charge >= 0.3 is 6.18 Å². The van der Waals surface area contributed by atoms with Crippen molar-refractivity contribution in [3.63, 3.8) is 0 Å². The first kappa shape index (κ1) is 25.5. The van der Waals surface area contributed by atoms with Crippen molar-refractivity contribution in [1.29, 1.82) is 0 Å². The van der Waals surface area contributed by atoms with Crippen LogP contribution in [0.3, 0.4) is 0 Å². The number of rotatable bonds is 4. The third-order valence-corrected chi connectivity index (χ3v) is 7.44. The summed E-state index contributed by atoms with van der Waals surface area (Å²) in [4.78, 5) is 41.7. The van der Waals surface area contributed by atoms with Gasteiger partial charge in [0.2, 0.25) is 11.8 Å². The maximum atomic E-state index is 15.1. The highest BCUT2D eigenvalue weighted by molar-refractivity contribution is 6.31. The number of imide groups is 1. The second-order valence-corrected chi connectivity index (χ2v) is 9.84. The minimum atomic E-state index is -4.46. The lowest BCUT2D eigenvalue weighted by Gasteiger charge is -2.36. The average molecular weight is 539 g/mol. The minimum absolute atomic E-state index is 0.131. The van der Waals surface area contributed by atoms with E-state index in [1.165, 1.54) is 17.0 Å². The zero-order valence-corrected chi connectivity index (χ0v) is 20.3. The van der Waals surface area contributed by atoms with Gasteiger partial charge in [0, 0.05) is 56.3 Å². The second-order valence-electron chi connectivity index (χ2n) is 9.43. The molecule has 196 valence electrons. The lowest BCUT2D eigenvalue weighted by molar-refractivity contribution is -0.138. The Morgan fingerprint density at radius 2 is 1.76 bits per heavy atom. The summed E-state index contributed by atoms with van der Waals surface area (Å²) in [5.74, 6) is -1.92. The van der Waals surface area contributed by atoms with Crippen LogP contribution in [0, 0.1) is 5.82 Å². The molecule has 0 spiro atoms. The SMILES string of the molecule is O=C1CCC(N2Cc3cc(N4CCN(Cc5cc(C(F)(F)F)ccc5Cl)CC4)c(F)cc3C2=O)C(=O)N1. The highest BCUT2D eigenvalue weighted by Crippen LogP contribution is 2.34. The van der Waals surface area contributed by atoms with Crippen LogP contribution >= 0.6 is 11.6 Å². The van der Waals surface area contributed by atoms with Gasteiger partial charge in [-0.2, -0.15) is 13.2 Å². The van der Waals surface area contributed by atoms with Crippen LogP contribution in [0.4, 0.5) is 23.2 Å². The van der Waals surface area contributed by atoms with E-state index in [1.807, 2.05) is 9.80 Å². The molecule has 0 radical (unpaired) electrons. The Kier molecular flexibility index (Phi) is 6.61. The molecule has 3 aliphatic heterocycles. The van der Waals surface area contributed by atoms with Gasteiger partial charge in [0.25, 0.3) is 5.91 Å². The van der Waals surface area contributed by atoms with Crippen molar-refractivity contribution in [3.8, 4) is 0 Å². The van der Waals surface area contributed by atoms with Gasteiger partial charge < -0.3 is 9.80 Å². The summed E-state index contributed by atoms with van der Waals surface area (Å²) < 4.78 is 54.3. The van der Waals surface area contributed by atoms with E-state index in [0.717, 1.165) is 12.1 Å². The smallest absolute Gasteiger partial charge is 0.367 e. The number of amides is 3. The number of carbonyl (C=O) groups excluding carboxylic acids is 3. The Balaban J connectivity index is 1.26. The number of hydrogen-bond donors (Lipinski definition) is 1. The van der Waals surface area contributed by atoms with Gasteiger partial charge in [0.05, 0.1) is 11.3 Å². The van der Waals surface area contributed by atoms with E-state index in [2.05, 4.69) is 5.32 Å². The van der Waals surface area contributed by atoms with E-state index in [1.54, 1.807) is 6.07 Å². The number of hydrogen-bond acceptors (Lipinski definition) is 5. The number of nitrogens with one attached hydrogen (secondary N) is 1. The summed E-state index contributed by atoms with van der Waals surface area (Å²) in [5.41, 5.74) is 0.744. The maximum absolute atomic E-state index is 15.1. The van der Waals surface area contributed by atoms with E-state index in [4.69, 9.17) is 11.6 Å². The molecule has 12 heteroatoms. The third kappa shape index (κ3) is 5.02. The maximum Gasteiger partial charge on any atom is 0.416 e. The number of fused-ring (bicyclic) bond motifs is 1. The Bertz CT molecular complexity index is 1280. The molecule has 37 heavy (non-hydrogen) atoms. The molecule has 3 heterocycles. The van der Waals surface area contributed by atoms with Crippen LogP contribution in [0.15, 0.2) is 30.3 Å². The minimum Gasteiger partial charge on any atom is -0.367 e. The first-order chi connectivity index (χ1) is 17.5. The molecule has 2 saturated heterocycles. The summed E-state index contributed by atoms with van der Waals surface area (Å²) in [6, 6.07) is 5.28. The molecule has 0 aromatic heterocycles. The predicted molar refractivity (Wildman–Crippen MR) is 126 cm³/mol. The summed E-state index contributed by atoms with van der Waals surface area (Å²) in [7, 11) is 0. The molecule has 1 unspecified atom stereocenters. The average Bonchev–Trinajstić information content (AvgIpc) is 3.15. The number of nitrogens with zero attached hydrogens (tertiary/aromatic N) is 3. The first-order valence-electron chi connectivity index (χ1n) is 11.8. The van der Waals surface area contributed by atoms with Crippen molar-refractivity contribution >= 4 is 35.0 Å². The first-order valence-corrected chi connectivity index (χ1v) is 12.2. The fourth-order valence-corrected chi connectivity index (χ4v) is 5.26. The number of anilines is 1. The van der Waals surface area contributed by atoms with E-state index in [9.17, 15) is 27.6 Å².